The molecule has 44 heavy (non-hydrogen) atoms. The normalized spacial score (nSPS) is 11.1. The molecule has 0 saturated carbocycles. The minimum Gasteiger partial charge on any atom is -0.0622 e. The molecule has 7 rings (SSSR count). The van der Waals surface area contributed by atoms with Crippen molar-refractivity contribution in [3.8, 4) is 22.3 Å². The van der Waals surface area contributed by atoms with Gasteiger partial charge in [0.25, 0.3) is 0 Å². The van der Waals surface area contributed by atoms with Gasteiger partial charge in [0.2, 0.25) is 0 Å². The van der Waals surface area contributed by atoms with E-state index in [2.05, 4.69) is 194 Å². The number of hydrogen-bond acceptors (Lipinski definition) is 0. The lowest BCUT2D eigenvalue weighted by Gasteiger charge is -2.25. The zero-order valence-corrected chi connectivity index (χ0v) is 26.2. The Morgan fingerprint density at radius 1 is 0.205 bits per heavy atom. The predicted molar refractivity (Wildman–Crippen MR) is 195 cm³/mol. The Kier molecular flexibility index (Phi) is 8.56. The van der Waals surface area contributed by atoms with Crippen LogP contribution in [0.3, 0.4) is 0 Å². The van der Waals surface area contributed by atoms with Crippen LogP contribution in [0.2, 0.25) is 0 Å². The van der Waals surface area contributed by atoms with Gasteiger partial charge in [-0.2, -0.15) is 0 Å². The van der Waals surface area contributed by atoms with E-state index in [1.165, 1.54) is 54.1 Å². The zero-order chi connectivity index (χ0) is 29.6. The summed E-state index contributed by atoms with van der Waals surface area (Å²) in [6, 6.07) is 71.2. The van der Waals surface area contributed by atoms with Gasteiger partial charge in [0.1, 0.15) is 0 Å². The summed E-state index contributed by atoms with van der Waals surface area (Å²) in [6.07, 6.45) is 0. The number of benzene rings is 7. The second-order valence-electron chi connectivity index (χ2n) is 10.7. The van der Waals surface area contributed by atoms with Gasteiger partial charge in [-0.05, 0) is 94.2 Å². The van der Waals surface area contributed by atoms with Gasteiger partial charge >= 0.3 is 0 Å². The van der Waals surface area contributed by atoms with Crippen molar-refractivity contribution in [1.82, 2.24) is 0 Å². The fourth-order valence-electron chi connectivity index (χ4n) is 5.73. The molecule has 0 fully saturated rings. The molecular formula is C42H32P2. The van der Waals surface area contributed by atoms with Crippen molar-refractivity contribution < 1.29 is 0 Å². The first-order valence-electron chi connectivity index (χ1n) is 14.9. The van der Waals surface area contributed by atoms with Crippen LogP contribution in [-0.4, -0.2) is 0 Å². The second kappa shape index (κ2) is 13.4. The monoisotopic (exact) mass is 598 g/mol. The van der Waals surface area contributed by atoms with E-state index in [1.807, 2.05) is 0 Å². The molecule has 2 heteroatoms. The third-order valence-corrected chi connectivity index (χ3v) is 12.6. The van der Waals surface area contributed by atoms with Gasteiger partial charge < -0.3 is 0 Å². The summed E-state index contributed by atoms with van der Waals surface area (Å²) in [5.41, 5.74) is 4.96. The van der Waals surface area contributed by atoms with E-state index < -0.39 is 15.8 Å². The highest BCUT2D eigenvalue weighted by Crippen LogP contribution is 2.39. The molecule has 0 aliphatic heterocycles. The Morgan fingerprint density at radius 2 is 0.523 bits per heavy atom. The molecule has 210 valence electrons. The summed E-state index contributed by atoms with van der Waals surface area (Å²) in [4.78, 5) is 0. The maximum Gasteiger partial charge on any atom is -0.0134 e. The molecule has 0 aliphatic rings. The number of hydrogen-bond donors (Lipinski definition) is 0. The standard InChI is InChI=1S/C42H32P2/c1-6-17-33(18-7-1)34-19-16-20-35(29-34)36-30-41(43(37-21-8-2-9-22-37)38-23-10-3-11-24-38)32-42(31-36)44(39-25-12-4-13-26-39)40-27-14-5-15-28-40/h1-32H. The van der Waals surface area contributed by atoms with Crippen molar-refractivity contribution in [2.24, 2.45) is 0 Å². The van der Waals surface area contributed by atoms with Crippen LogP contribution < -0.4 is 31.8 Å². The van der Waals surface area contributed by atoms with Crippen molar-refractivity contribution in [3.05, 3.63) is 194 Å². The molecule has 0 N–H and O–H groups in total. The van der Waals surface area contributed by atoms with Gasteiger partial charge in [-0.15, -0.1) is 0 Å². The van der Waals surface area contributed by atoms with E-state index in [1.54, 1.807) is 0 Å². The van der Waals surface area contributed by atoms with E-state index in [4.69, 9.17) is 0 Å². The summed E-state index contributed by atoms with van der Waals surface area (Å²) >= 11 is 0. The summed E-state index contributed by atoms with van der Waals surface area (Å²) in [5.74, 6) is 0. The van der Waals surface area contributed by atoms with Crippen LogP contribution in [-0.2, 0) is 0 Å². The first kappa shape index (κ1) is 28.2. The van der Waals surface area contributed by atoms with Crippen LogP contribution >= 0.6 is 15.8 Å². The third kappa shape index (κ3) is 6.20. The van der Waals surface area contributed by atoms with Gasteiger partial charge in [-0.1, -0.05) is 170 Å². The molecule has 0 atom stereocenters. The summed E-state index contributed by atoms with van der Waals surface area (Å²) in [6.45, 7) is 0. The van der Waals surface area contributed by atoms with Crippen molar-refractivity contribution in [1.29, 1.82) is 0 Å². The van der Waals surface area contributed by atoms with Crippen molar-refractivity contribution in [2.45, 2.75) is 0 Å². The molecule has 0 aliphatic carbocycles. The molecule has 7 aromatic rings. The van der Waals surface area contributed by atoms with E-state index in [0.29, 0.717) is 0 Å². The molecular weight excluding hydrogens is 566 g/mol. The summed E-state index contributed by atoms with van der Waals surface area (Å²) in [5, 5.41) is 8.18. The molecule has 0 heterocycles. The molecule has 7 aromatic carbocycles. The van der Waals surface area contributed by atoms with Crippen molar-refractivity contribution in [2.75, 3.05) is 0 Å². The van der Waals surface area contributed by atoms with Crippen LogP contribution in [0, 0.1) is 0 Å². The Bertz CT molecular complexity index is 1760. The smallest absolute Gasteiger partial charge is 0.0134 e. The van der Waals surface area contributed by atoms with Gasteiger partial charge in [0, 0.05) is 0 Å². The highest BCUT2D eigenvalue weighted by molar-refractivity contribution is 7.81. The predicted octanol–water partition coefficient (Wildman–Crippen LogP) is 8.54. The lowest BCUT2D eigenvalue weighted by molar-refractivity contribution is 1.60. The number of rotatable bonds is 8. The van der Waals surface area contributed by atoms with Crippen molar-refractivity contribution in [3.63, 3.8) is 0 Å². The Morgan fingerprint density at radius 3 is 0.909 bits per heavy atom. The minimum absolute atomic E-state index is 0.772. The molecule has 0 bridgehead atoms. The average Bonchev–Trinajstić information content (AvgIpc) is 3.11. The minimum atomic E-state index is -0.772. The van der Waals surface area contributed by atoms with Gasteiger partial charge in [0.15, 0.2) is 0 Å². The molecule has 0 spiro atoms. The maximum atomic E-state index is 2.50. The van der Waals surface area contributed by atoms with E-state index in [-0.39, 0.29) is 0 Å². The second-order valence-corrected chi connectivity index (χ2v) is 15.1. The van der Waals surface area contributed by atoms with Crippen LogP contribution in [0.25, 0.3) is 22.3 Å². The van der Waals surface area contributed by atoms with Crippen LogP contribution in [0.15, 0.2) is 194 Å². The van der Waals surface area contributed by atoms with E-state index in [0.717, 1.165) is 0 Å². The largest absolute Gasteiger partial charge is 0.0622 e. The fraction of sp³-hybridized carbons (Fsp3) is 0. The fourth-order valence-corrected chi connectivity index (χ4v) is 10.6. The third-order valence-electron chi connectivity index (χ3n) is 7.78. The quantitative estimate of drug-likeness (QED) is 0.154. The molecule has 0 amide bonds. The van der Waals surface area contributed by atoms with E-state index in [9.17, 15) is 0 Å². The lowest BCUT2D eigenvalue weighted by atomic mass is 9.99. The van der Waals surface area contributed by atoms with E-state index >= 15 is 0 Å². The summed E-state index contributed by atoms with van der Waals surface area (Å²) < 4.78 is 0. The highest BCUT2D eigenvalue weighted by atomic mass is 31.1. The van der Waals surface area contributed by atoms with Gasteiger partial charge in [0.05, 0.1) is 0 Å². The maximum absolute atomic E-state index is 2.50. The molecule has 0 aromatic heterocycles. The Labute approximate surface area is 263 Å². The topological polar surface area (TPSA) is 0 Å². The van der Waals surface area contributed by atoms with Gasteiger partial charge in [-0.3, -0.25) is 0 Å². The molecule has 0 radical (unpaired) electrons. The first-order chi connectivity index (χ1) is 21.8. The lowest BCUT2D eigenvalue weighted by Crippen LogP contribution is -2.26. The zero-order valence-electron chi connectivity index (χ0n) is 24.4. The Balaban J connectivity index is 1.48. The van der Waals surface area contributed by atoms with Crippen LogP contribution in [0.5, 0.6) is 0 Å². The SMILES string of the molecule is c1ccc(-c2cccc(-c3cc(P(c4ccccc4)c4ccccc4)cc(P(c4ccccc4)c4ccccc4)c3)c2)cc1. The van der Waals surface area contributed by atoms with Crippen molar-refractivity contribution >= 4 is 47.7 Å². The highest BCUT2D eigenvalue weighted by Gasteiger charge is 2.22. The average molecular weight is 599 g/mol. The molecule has 0 nitrogen and oxygen atoms in total. The summed E-state index contributed by atoms with van der Waals surface area (Å²) in [7, 11) is -1.54. The first-order valence-corrected chi connectivity index (χ1v) is 17.6. The van der Waals surface area contributed by atoms with Gasteiger partial charge in [-0.25, -0.2) is 0 Å². The molecule has 0 unspecified atom stereocenters. The molecule has 0 saturated heterocycles. The van der Waals surface area contributed by atoms with Crippen LogP contribution in [0.4, 0.5) is 0 Å². The Hall–Kier alpha value is -4.60. The van der Waals surface area contributed by atoms with Crippen LogP contribution in [0.1, 0.15) is 0 Å².